The summed E-state index contributed by atoms with van der Waals surface area (Å²) in [6, 6.07) is 17.0. The van der Waals surface area contributed by atoms with Crippen molar-refractivity contribution in [3.63, 3.8) is 0 Å². The predicted octanol–water partition coefficient (Wildman–Crippen LogP) is 4.29. The minimum Gasteiger partial charge on any atom is -0.497 e. The first-order valence-corrected chi connectivity index (χ1v) is 9.25. The summed E-state index contributed by atoms with van der Waals surface area (Å²) in [5.74, 6) is 2.89. The van der Waals surface area contributed by atoms with E-state index in [-0.39, 0.29) is 0 Å². The van der Waals surface area contributed by atoms with Gasteiger partial charge in [0.25, 0.3) is 0 Å². The fourth-order valence-electron chi connectivity index (χ4n) is 3.06. The van der Waals surface area contributed by atoms with E-state index in [0.29, 0.717) is 40.3 Å². The van der Waals surface area contributed by atoms with E-state index in [4.69, 9.17) is 24.2 Å². The Hall–Kier alpha value is -4.00. The van der Waals surface area contributed by atoms with E-state index in [1.54, 1.807) is 39.8 Å². The molecule has 0 atom stereocenters. The summed E-state index contributed by atoms with van der Waals surface area (Å²) in [4.78, 5) is 18.1. The molecule has 2 heterocycles. The molecular formula is C23H20N4O3. The summed E-state index contributed by atoms with van der Waals surface area (Å²) in [5.41, 5.74) is 3.05. The number of methoxy groups -OCH3 is 3. The van der Waals surface area contributed by atoms with Crippen LogP contribution in [0, 0.1) is 0 Å². The largest absolute Gasteiger partial charge is 0.497 e. The average Bonchev–Trinajstić information content (AvgIpc) is 2.83. The van der Waals surface area contributed by atoms with Crippen molar-refractivity contribution in [3.8, 4) is 51.4 Å². The van der Waals surface area contributed by atoms with Crippen molar-refractivity contribution in [2.45, 2.75) is 0 Å². The van der Waals surface area contributed by atoms with Gasteiger partial charge in [0.2, 0.25) is 0 Å². The third-order valence-corrected chi connectivity index (χ3v) is 4.52. The maximum absolute atomic E-state index is 5.53. The van der Waals surface area contributed by atoms with Crippen molar-refractivity contribution in [3.05, 3.63) is 67.0 Å². The Labute approximate surface area is 174 Å². The second-order valence-corrected chi connectivity index (χ2v) is 6.34. The van der Waals surface area contributed by atoms with Crippen LogP contribution in [0.5, 0.6) is 17.2 Å². The Balaban J connectivity index is 1.95. The van der Waals surface area contributed by atoms with Crippen molar-refractivity contribution in [2.75, 3.05) is 21.3 Å². The lowest BCUT2D eigenvalue weighted by molar-refractivity contribution is 0.394. The number of para-hydroxylation sites is 1. The van der Waals surface area contributed by atoms with Crippen LogP contribution in [-0.4, -0.2) is 41.3 Å². The van der Waals surface area contributed by atoms with Gasteiger partial charge in [0.05, 0.1) is 32.7 Å². The van der Waals surface area contributed by atoms with Crippen molar-refractivity contribution >= 4 is 0 Å². The summed E-state index contributed by atoms with van der Waals surface area (Å²) < 4.78 is 16.4. The van der Waals surface area contributed by atoms with Crippen LogP contribution >= 0.6 is 0 Å². The molecule has 0 aliphatic carbocycles. The normalized spacial score (nSPS) is 10.5. The number of benzene rings is 2. The molecule has 0 saturated heterocycles. The van der Waals surface area contributed by atoms with Crippen molar-refractivity contribution < 1.29 is 14.2 Å². The third-order valence-electron chi connectivity index (χ3n) is 4.52. The third kappa shape index (κ3) is 3.91. The van der Waals surface area contributed by atoms with Crippen LogP contribution in [0.4, 0.5) is 0 Å². The first-order chi connectivity index (χ1) is 14.7. The maximum Gasteiger partial charge on any atom is 0.198 e. The molecule has 4 rings (SSSR count). The number of aromatic nitrogens is 4. The molecule has 7 heteroatoms. The Kier molecular flexibility index (Phi) is 5.52. The van der Waals surface area contributed by atoms with Crippen LogP contribution in [0.15, 0.2) is 67.0 Å². The van der Waals surface area contributed by atoms with Gasteiger partial charge in [0, 0.05) is 29.6 Å². The van der Waals surface area contributed by atoms with Crippen molar-refractivity contribution in [2.24, 2.45) is 0 Å². The van der Waals surface area contributed by atoms with E-state index in [1.807, 2.05) is 48.5 Å². The number of hydrogen-bond donors (Lipinski definition) is 0. The van der Waals surface area contributed by atoms with Gasteiger partial charge in [-0.2, -0.15) is 0 Å². The maximum atomic E-state index is 5.53. The molecule has 0 saturated carbocycles. The first kappa shape index (κ1) is 19.3. The highest BCUT2D eigenvalue weighted by Crippen LogP contribution is 2.34. The lowest BCUT2D eigenvalue weighted by atomic mass is 10.1. The molecule has 0 spiro atoms. The molecular weight excluding hydrogens is 380 g/mol. The quantitative estimate of drug-likeness (QED) is 0.477. The number of hydrogen-bond acceptors (Lipinski definition) is 7. The Bertz CT molecular complexity index is 1140. The van der Waals surface area contributed by atoms with Crippen LogP contribution in [0.2, 0.25) is 0 Å². The summed E-state index contributed by atoms with van der Waals surface area (Å²) in [5, 5.41) is 0. The van der Waals surface area contributed by atoms with Gasteiger partial charge in [-0.15, -0.1) is 0 Å². The molecule has 4 aromatic rings. The van der Waals surface area contributed by atoms with E-state index in [9.17, 15) is 0 Å². The van der Waals surface area contributed by atoms with Crippen LogP contribution < -0.4 is 14.2 Å². The molecule has 7 nitrogen and oxygen atoms in total. The minimum atomic E-state index is 0.413. The van der Waals surface area contributed by atoms with Gasteiger partial charge in [-0.05, 0) is 36.4 Å². The Morgan fingerprint density at radius 2 is 1.30 bits per heavy atom. The van der Waals surface area contributed by atoms with E-state index >= 15 is 0 Å². The summed E-state index contributed by atoms with van der Waals surface area (Å²) in [6.45, 7) is 0. The van der Waals surface area contributed by atoms with Crippen molar-refractivity contribution in [1.82, 2.24) is 19.9 Å². The molecule has 0 unspecified atom stereocenters. The van der Waals surface area contributed by atoms with Gasteiger partial charge in [-0.25, -0.2) is 19.9 Å². The lowest BCUT2D eigenvalue weighted by Crippen LogP contribution is -2.00. The lowest BCUT2D eigenvalue weighted by Gasteiger charge is -2.12. The predicted molar refractivity (Wildman–Crippen MR) is 114 cm³/mol. The first-order valence-electron chi connectivity index (χ1n) is 9.25. The number of nitrogens with zero attached hydrogens (tertiary/aromatic N) is 4. The summed E-state index contributed by atoms with van der Waals surface area (Å²) in [6.07, 6.45) is 3.32. The van der Waals surface area contributed by atoms with Gasteiger partial charge in [0.15, 0.2) is 11.6 Å². The van der Waals surface area contributed by atoms with E-state index in [0.717, 1.165) is 11.1 Å². The van der Waals surface area contributed by atoms with Crippen LogP contribution in [-0.2, 0) is 0 Å². The second kappa shape index (κ2) is 8.57. The molecule has 0 aliphatic rings. The molecule has 0 amide bonds. The molecule has 150 valence electrons. The number of rotatable bonds is 6. The highest BCUT2D eigenvalue weighted by molar-refractivity contribution is 5.74. The molecule has 0 radical (unpaired) electrons. The van der Waals surface area contributed by atoms with Crippen LogP contribution in [0.3, 0.4) is 0 Å². The SMILES string of the molecule is COc1cc(OC)cc(-c2cc(-c3ccccc3OC)nc(-c3ncccn3)n2)c1. The molecule has 2 aromatic heterocycles. The number of ether oxygens (including phenoxy) is 3. The zero-order chi connectivity index (χ0) is 20.9. The molecule has 0 N–H and O–H groups in total. The second-order valence-electron chi connectivity index (χ2n) is 6.34. The van der Waals surface area contributed by atoms with E-state index in [2.05, 4.69) is 9.97 Å². The topological polar surface area (TPSA) is 79.2 Å². The monoisotopic (exact) mass is 400 g/mol. The van der Waals surface area contributed by atoms with Gasteiger partial charge in [-0.3, -0.25) is 0 Å². The van der Waals surface area contributed by atoms with E-state index < -0.39 is 0 Å². The Morgan fingerprint density at radius 1 is 0.633 bits per heavy atom. The molecule has 0 fully saturated rings. The van der Waals surface area contributed by atoms with E-state index in [1.165, 1.54) is 0 Å². The fourth-order valence-corrected chi connectivity index (χ4v) is 3.06. The highest BCUT2D eigenvalue weighted by atomic mass is 16.5. The van der Waals surface area contributed by atoms with Gasteiger partial charge >= 0.3 is 0 Å². The minimum absolute atomic E-state index is 0.413. The zero-order valence-electron chi connectivity index (χ0n) is 16.9. The Morgan fingerprint density at radius 3 is 1.97 bits per heavy atom. The molecule has 0 aliphatic heterocycles. The zero-order valence-corrected chi connectivity index (χ0v) is 16.9. The molecule has 30 heavy (non-hydrogen) atoms. The summed E-state index contributed by atoms with van der Waals surface area (Å²) in [7, 11) is 4.86. The van der Waals surface area contributed by atoms with Gasteiger partial charge < -0.3 is 14.2 Å². The molecule has 2 aromatic carbocycles. The van der Waals surface area contributed by atoms with Crippen LogP contribution in [0.1, 0.15) is 0 Å². The van der Waals surface area contributed by atoms with Crippen LogP contribution in [0.25, 0.3) is 34.2 Å². The molecule has 0 bridgehead atoms. The summed E-state index contributed by atoms with van der Waals surface area (Å²) >= 11 is 0. The highest BCUT2D eigenvalue weighted by Gasteiger charge is 2.15. The van der Waals surface area contributed by atoms with Crippen molar-refractivity contribution in [1.29, 1.82) is 0 Å². The fraction of sp³-hybridized carbons (Fsp3) is 0.130. The average molecular weight is 400 g/mol. The van der Waals surface area contributed by atoms with Gasteiger partial charge in [-0.1, -0.05) is 12.1 Å². The van der Waals surface area contributed by atoms with Gasteiger partial charge in [0.1, 0.15) is 17.2 Å². The smallest absolute Gasteiger partial charge is 0.198 e. The standard InChI is InChI=1S/C23H20N4O3/c1-28-16-11-15(12-17(13-16)29-2)19-14-20(18-7-4-5-8-21(18)30-3)27-23(26-19)22-24-9-6-10-25-22/h4-14H,1-3H3.